The normalized spacial score (nSPS) is 9.14. The molecule has 14 heavy (non-hydrogen) atoms. The van der Waals surface area contributed by atoms with E-state index in [1.807, 2.05) is 0 Å². The Bertz CT molecular complexity index is 393. The highest BCUT2D eigenvalue weighted by Gasteiger charge is 2.06. The third-order valence-electron chi connectivity index (χ3n) is 1.55. The van der Waals surface area contributed by atoms with Crippen LogP contribution in [0, 0.1) is 23.5 Å². The molecule has 1 N–H and O–H groups in total. The van der Waals surface area contributed by atoms with Gasteiger partial charge in [-0.05, 0) is 13.0 Å². The molecule has 0 saturated heterocycles. The summed E-state index contributed by atoms with van der Waals surface area (Å²) in [6.45, 7) is 2.04. The van der Waals surface area contributed by atoms with Gasteiger partial charge in [0.1, 0.15) is 0 Å². The van der Waals surface area contributed by atoms with E-state index in [9.17, 15) is 8.78 Å². The van der Waals surface area contributed by atoms with E-state index in [0.29, 0.717) is 12.2 Å². The van der Waals surface area contributed by atoms with E-state index in [4.69, 9.17) is 11.6 Å². The van der Waals surface area contributed by atoms with E-state index >= 15 is 0 Å². The largest absolute Gasteiger partial charge is 0.373 e. The summed E-state index contributed by atoms with van der Waals surface area (Å²) >= 11 is 5.66. The van der Waals surface area contributed by atoms with Crippen LogP contribution in [0.2, 0.25) is 5.02 Å². The Morgan fingerprint density at radius 1 is 1.36 bits per heavy atom. The van der Waals surface area contributed by atoms with Crippen LogP contribution in [0.3, 0.4) is 0 Å². The lowest BCUT2D eigenvalue weighted by molar-refractivity contribution is 0.509. The average molecular weight is 216 g/mol. The van der Waals surface area contributed by atoms with Gasteiger partial charge in [-0.1, -0.05) is 17.5 Å². The first kappa shape index (κ1) is 10.8. The molecule has 1 nitrogen and oxygen atoms in total. The van der Waals surface area contributed by atoms with Crippen LogP contribution in [0.25, 0.3) is 0 Å². The molecule has 1 aromatic carbocycles. The van der Waals surface area contributed by atoms with Crippen LogP contribution in [-0.4, -0.2) is 6.54 Å². The molecule has 0 amide bonds. The number of nitrogens with one attached hydrogen (secondary N) is 1. The minimum atomic E-state index is -0.956. The van der Waals surface area contributed by atoms with Gasteiger partial charge in [0.25, 0.3) is 0 Å². The summed E-state index contributed by atoms with van der Waals surface area (Å²) in [5.41, 5.74) is 0.341. The van der Waals surface area contributed by atoms with Gasteiger partial charge in [0.2, 0.25) is 0 Å². The highest BCUT2D eigenvalue weighted by atomic mass is 35.5. The summed E-state index contributed by atoms with van der Waals surface area (Å²) in [6.07, 6.45) is 0. The molecule has 0 atom stereocenters. The zero-order chi connectivity index (χ0) is 10.6. The lowest BCUT2D eigenvalue weighted by Gasteiger charge is -2.05. The van der Waals surface area contributed by atoms with E-state index in [1.165, 1.54) is 0 Å². The van der Waals surface area contributed by atoms with E-state index in [-0.39, 0.29) is 5.02 Å². The molecule has 0 fully saturated rings. The van der Waals surface area contributed by atoms with Crippen LogP contribution in [0.15, 0.2) is 12.1 Å². The Kier molecular flexibility index (Phi) is 3.73. The van der Waals surface area contributed by atoms with Crippen molar-refractivity contribution >= 4 is 17.3 Å². The molecular weight excluding hydrogens is 208 g/mol. The van der Waals surface area contributed by atoms with Gasteiger partial charge in [0.05, 0.1) is 17.3 Å². The van der Waals surface area contributed by atoms with Crippen LogP contribution >= 0.6 is 11.6 Å². The molecule has 0 aliphatic rings. The third kappa shape index (κ3) is 2.61. The van der Waals surface area contributed by atoms with Crippen molar-refractivity contribution in [3.63, 3.8) is 0 Å². The molecule has 0 bridgehead atoms. The second kappa shape index (κ2) is 4.83. The van der Waals surface area contributed by atoms with Gasteiger partial charge in [-0.25, -0.2) is 8.78 Å². The van der Waals surface area contributed by atoms with Gasteiger partial charge in [-0.3, -0.25) is 0 Å². The average Bonchev–Trinajstić information content (AvgIpc) is 2.14. The van der Waals surface area contributed by atoms with Gasteiger partial charge in [-0.2, -0.15) is 0 Å². The van der Waals surface area contributed by atoms with Crippen LogP contribution in [0.5, 0.6) is 0 Å². The number of hydrogen-bond donors (Lipinski definition) is 1. The van der Waals surface area contributed by atoms with Crippen LogP contribution in [0.4, 0.5) is 14.5 Å². The maximum atomic E-state index is 12.8. The first-order chi connectivity index (χ1) is 6.65. The fourth-order valence-electron chi connectivity index (χ4n) is 0.886. The fraction of sp³-hybridized carbons (Fsp3) is 0.200. The number of hydrogen-bond acceptors (Lipinski definition) is 1. The monoisotopic (exact) mass is 215 g/mol. The highest BCUT2D eigenvalue weighted by molar-refractivity contribution is 6.33. The molecule has 0 aromatic heterocycles. The van der Waals surface area contributed by atoms with Gasteiger partial charge in [-0.15, -0.1) is 5.92 Å². The predicted molar refractivity (Wildman–Crippen MR) is 53.3 cm³/mol. The molecule has 1 aromatic rings. The summed E-state index contributed by atoms with van der Waals surface area (Å²) in [5, 5.41) is 2.91. The third-order valence-corrected chi connectivity index (χ3v) is 1.87. The quantitative estimate of drug-likeness (QED) is 0.591. The predicted octanol–water partition coefficient (Wildman–Crippen LogP) is 3.05. The molecule has 0 aliphatic heterocycles. The van der Waals surface area contributed by atoms with Crippen LogP contribution < -0.4 is 5.32 Å². The SMILES string of the molecule is CC#CCNc1cc(F)c(F)cc1Cl. The number of anilines is 1. The van der Waals surface area contributed by atoms with Crippen molar-refractivity contribution in [1.82, 2.24) is 0 Å². The Balaban J connectivity index is 2.85. The maximum absolute atomic E-state index is 12.8. The first-order valence-electron chi connectivity index (χ1n) is 3.93. The Morgan fingerprint density at radius 3 is 2.64 bits per heavy atom. The minimum absolute atomic E-state index is 0.141. The zero-order valence-corrected chi connectivity index (χ0v) is 8.25. The number of benzene rings is 1. The van der Waals surface area contributed by atoms with Crippen molar-refractivity contribution in [2.24, 2.45) is 0 Å². The second-order valence-electron chi connectivity index (χ2n) is 2.53. The first-order valence-corrected chi connectivity index (χ1v) is 4.31. The van der Waals surface area contributed by atoms with Crippen molar-refractivity contribution in [2.75, 3.05) is 11.9 Å². The van der Waals surface area contributed by atoms with E-state index in [0.717, 1.165) is 12.1 Å². The smallest absolute Gasteiger partial charge is 0.160 e. The van der Waals surface area contributed by atoms with Crippen molar-refractivity contribution in [2.45, 2.75) is 6.92 Å². The van der Waals surface area contributed by atoms with E-state index in [1.54, 1.807) is 6.92 Å². The second-order valence-corrected chi connectivity index (χ2v) is 2.93. The molecular formula is C10H8ClF2N. The molecule has 1 rings (SSSR count). The van der Waals surface area contributed by atoms with Crippen molar-refractivity contribution in [1.29, 1.82) is 0 Å². The Morgan fingerprint density at radius 2 is 2.00 bits per heavy atom. The molecule has 4 heteroatoms. The molecule has 0 spiro atoms. The molecule has 74 valence electrons. The highest BCUT2D eigenvalue weighted by Crippen LogP contribution is 2.24. The summed E-state index contributed by atoms with van der Waals surface area (Å²) in [7, 11) is 0. The van der Waals surface area contributed by atoms with E-state index < -0.39 is 11.6 Å². The lowest BCUT2D eigenvalue weighted by atomic mass is 10.3. The molecule has 0 saturated carbocycles. The van der Waals surface area contributed by atoms with Gasteiger partial charge in [0, 0.05) is 6.07 Å². The topological polar surface area (TPSA) is 12.0 Å². The lowest BCUT2D eigenvalue weighted by Crippen LogP contribution is -2.00. The molecule has 0 heterocycles. The van der Waals surface area contributed by atoms with Crippen molar-refractivity contribution in [3.8, 4) is 11.8 Å². The zero-order valence-electron chi connectivity index (χ0n) is 7.50. The number of rotatable bonds is 2. The summed E-state index contributed by atoms with van der Waals surface area (Å²) < 4.78 is 25.4. The van der Waals surface area contributed by atoms with Crippen molar-refractivity contribution < 1.29 is 8.78 Å². The summed E-state index contributed by atoms with van der Waals surface area (Å²) in [5.74, 6) is 3.50. The Labute approximate surface area is 86.1 Å². The van der Waals surface area contributed by atoms with Crippen LogP contribution in [0.1, 0.15) is 6.92 Å². The van der Waals surface area contributed by atoms with Gasteiger partial charge < -0.3 is 5.32 Å². The van der Waals surface area contributed by atoms with Gasteiger partial charge >= 0.3 is 0 Å². The maximum Gasteiger partial charge on any atom is 0.160 e. The standard InChI is InChI=1S/C10H8ClF2N/c1-2-3-4-14-10-6-9(13)8(12)5-7(10)11/h5-6,14H,4H2,1H3. The fourth-order valence-corrected chi connectivity index (χ4v) is 1.10. The Hall–Kier alpha value is -1.27. The van der Waals surface area contributed by atoms with E-state index in [2.05, 4.69) is 17.2 Å². The summed E-state index contributed by atoms with van der Waals surface area (Å²) in [4.78, 5) is 0. The molecule has 0 radical (unpaired) electrons. The molecule has 0 aliphatic carbocycles. The number of halogens is 3. The van der Waals surface area contributed by atoms with Crippen molar-refractivity contribution in [3.05, 3.63) is 28.8 Å². The minimum Gasteiger partial charge on any atom is -0.373 e. The van der Waals surface area contributed by atoms with Crippen LogP contribution in [-0.2, 0) is 0 Å². The van der Waals surface area contributed by atoms with Gasteiger partial charge in [0.15, 0.2) is 11.6 Å². The summed E-state index contributed by atoms with van der Waals surface area (Å²) in [6, 6.07) is 1.94. The molecule has 0 unspecified atom stereocenters.